The van der Waals surface area contributed by atoms with E-state index in [1.807, 2.05) is 35.9 Å². The number of hydrogen-bond donors (Lipinski definition) is 1. The summed E-state index contributed by atoms with van der Waals surface area (Å²) in [6, 6.07) is 7.67. The molecule has 2 aromatic rings. The number of nitrogens with one attached hydrogen (secondary N) is 1. The molecule has 142 valence electrons. The first-order valence-electron chi connectivity index (χ1n) is 9.39. The number of carbonyl (C=O) groups is 2. The second-order valence-corrected chi connectivity index (χ2v) is 7.27. The molecule has 0 bridgehead atoms. The minimum atomic E-state index is -0.172. The Kier molecular flexibility index (Phi) is 4.89. The van der Waals surface area contributed by atoms with Gasteiger partial charge in [-0.05, 0) is 31.9 Å². The molecule has 1 N–H and O–H groups in total. The predicted octanol–water partition coefficient (Wildman–Crippen LogP) is 1.68. The van der Waals surface area contributed by atoms with E-state index in [1.54, 1.807) is 17.6 Å². The standard InChI is InChI=1S/C19H24N6O2/c1-14-10-18(26)22-16-4-2-3-5-17(16)25(14)19(27)11-23-8-6-15(7-9-23)24-13-20-12-21-24/h2-5,12-15H,6-11H2,1H3,(H,22,26). The number of amides is 2. The highest BCUT2D eigenvalue weighted by atomic mass is 16.2. The molecule has 1 saturated heterocycles. The minimum Gasteiger partial charge on any atom is -0.324 e. The molecule has 2 amide bonds. The quantitative estimate of drug-likeness (QED) is 0.891. The van der Waals surface area contributed by atoms with Gasteiger partial charge in [-0.1, -0.05) is 12.1 Å². The first kappa shape index (κ1) is 17.7. The van der Waals surface area contributed by atoms with Crippen molar-refractivity contribution in [3.63, 3.8) is 0 Å². The molecule has 1 aromatic heterocycles. The molecular formula is C19H24N6O2. The summed E-state index contributed by atoms with van der Waals surface area (Å²) >= 11 is 0. The highest BCUT2D eigenvalue weighted by molar-refractivity contribution is 6.04. The van der Waals surface area contributed by atoms with E-state index in [2.05, 4.69) is 20.3 Å². The maximum absolute atomic E-state index is 13.1. The van der Waals surface area contributed by atoms with Crippen LogP contribution >= 0.6 is 0 Å². The number of hydrogen-bond acceptors (Lipinski definition) is 5. The van der Waals surface area contributed by atoms with Crippen molar-refractivity contribution in [1.82, 2.24) is 19.7 Å². The summed E-state index contributed by atoms with van der Waals surface area (Å²) in [6.45, 7) is 3.97. The van der Waals surface area contributed by atoms with Gasteiger partial charge in [0.2, 0.25) is 11.8 Å². The van der Waals surface area contributed by atoms with Gasteiger partial charge < -0.3 is 10.2 Å². The lowest BCUT2D eigenvalue weighted by Crippen LogP contribution is -2.47. The van der Waals surface area contributed by atoms with E-state index in [-0.39, 0.29) is 17.9 Å². The van der Waals surface area contributed by atoms with Crippen LogP contribution in [0.2, 0.25) is 0 Å². The fourth-order valence-corrected chi connectivity index (χ4v) is 3.98. The van der Waals surface area contributed by atoms with E-state index in [9.17, 15) is 9.59 Å². The van der Waals surface area contributed by atoms with Crippen LogP contribution in [-0.4, -0.2) is 57.2 Å². The van der Waals surface area contributed by atoms with Crippen molar-refractivity contribution in [2.24, 2.45) is 0 Å². The topological polar surface area (TPSA) is 83.4 Å². The third-order valence-corrected chi connectivity index (χ3v) is 5.35. The molecule has 0 radical (unpaired) electrons. The van der Waals surface area contributed by atoms with Crippen LogP contribution < -0.4 is 10.2 Å². The summed E-state index contributed by atoms with van der Waals surface area (Å²) in [5.74, 6) is -0.0236. The van der Waals surface area contributed by atoms with Gasteiger partial charge in [0.1, 0.15) is 12.7 Å². The number of carbonyl (C=O) groups excluding carboxylic acids is 2. The van der Waals surface area contributed by atoms with Gasteiger partial charge in [-0.3, -0.25) is 14.5 Å². The van der Waals surface area contributed by atoms with Gasteiger partial charge in [0.25, 0.3) is 0 Å². The third-order valence-electron chi connectivity index (χ3n) is 5.35. The number of fused-ring (bicyclic) bond motifs is 1. The average molecular weight is 368 g/mol. The lowest BCUT2D eigenvalue weighted by Gasteiger charge is -2.34. The normalized spacial score (nSPS) is 21.4. The van der Waals surface area contributed by atoms with E-state index < -0.39 is 0 Å². The Balaban J connectivity index is 1.44. The summed E-state index contributed by atoms with van der Waals surface area (Å²) in [4.78, 5) is 33.2. The van der Waals surface area contributed by atoms with Crippen LogP contribution in [0.5, 0.6) is 0 Å². The molecule has 8 nitrogen and oxygen atoms in total. The number of piperidine rings is 1. The molecule has 0 spiro atoms. The summed E-state index contributed by atoms with van der Waals surface area (Å²) in [7, 11) is 0. The molecule has 0 aliphatic carbocycles. The molecule has 8 heteroatoms. The Labute approximate surface area is 158 Å². The van der Waals surface area contributed by atoms with E-state index in [0.29, 0.717) is 24.7 Å². The number of anilines is 2. The monoisotopic (exact) mass is 368 g/mol. The number of aromatic nitrogens is 3. The van der Waals surface area contributed by atoms with Crippen molar-refractivity contribution in [2.75, 3.05) is 29.9 Å². The van der Waals surface area contributed by atoms with Gasteiger partial charge in [-0.25, -0.2) is 9.67 Å². The molecule has 4 rings (SSSR count). The third kappa shape index (κ3) is 3.71. The molecule has 1 fully saturated rings. The summed E-state index contributed by atoms with van der Waals surface area (Å²) in [5.41, 5.74) is 1.48. The zero-order valence-electron chi connectivity index (χ0n) is 15.4. The van der Waals surface area contributed by atoms with Gasteiger partial charge in [-0.15, -0.1) is 0 Å². The predicted molar refractivity (Wildman–Crippen MR) is 101 cm³/mol. The number of para-hydroxylation sites is 2. The van der Waals surface area contributed by atoms with Gasteiger partial charge in [0, 0.05) is 25.6 Å². The van der Waals surface area contributed by atoms with Crippen molar-refractivity contribution in [1.29, 1.82) is 0 Å². The molecule has 0 saturated carbocycles. The maximum atomic E-state index is 13.1. The summed E-state index contributed by atoms with van der Waals surface area (Å²) < 4.78 is 1.91. The van der Waals surface area contributed by atoms with Crippen LogP contribution in [0.1, 0.15) is 32.2 Å². The Morgan fingerprint density at radius 2 is 2.04 bits per heavy atom. The van der Waals surface area contributed by atoms with Crippen molar-refractivity contribution < 1.29 is 9.59 Å². The van der Waals surface area contributed by atoms with Crippen molar-refractivity contribution in [2.45, 2.75) is 38.3 Å². The minimum absolute atomic E-state index is 0.0330. The van der Waals surface area contributed by atoms with Gasteiger partial charge >= 0.3 is 0 Å². The van der Waals surface area contributed by atoms with E-state index in [0.717, 1.165) is 31.6 Å². The van der Waals surface area contributed by atoms with Crippen LogP contribution in [0, 0.1) is 0 Å². The van der Waals surface area contributed by atoms with Crippen LogP contribution in [0.3, 0.4) is 0 Å². The smallest absolute Gasteiger partial charge is 0.241 e. The van der Waals surface area contributed by atoms with Gasteiger partial charge in [-0.2, -0.15) is 5.10 Å². The van der Waals surface area contributed by atoms with Crippen LogP contribution in [0.25, 0.3) is 0 Å². The molecule has 2 aliphatic rings. The zero-order chi connectivity index (χ0) is 18.8. The molecular weight excluding hydrogens is 344 g/mol. The Hall–Kier alpha value is -2.74. The summed E-state index contributed by atoms with van der Waals surface area (Å²) in [6.07, 6.45) is 5.51. The molecule has 1 aromatic carbocycles. The molecule has 27 heavy (non-hydrogen) atoms. The Bertz CT molecular complexity index is 813. The SMILES string of the molecule is CC1CC(=O)Nc2ccccc2N1C(=O)CN1CCC(n2cncn2)CC1. The molecule has 2 aliphatic heterocycles. The lowest BCUT2D eigenvalue weighted by atomic mass is 10.1. The van der Waals surface area contributed by atoms with Gasteiger partial charge in [0.15, 0.2) is 0 Å². The second-order valence-electron chi connectivity index (χ2n) is 7.27. The fraction of sp³-hybridized carbons (Fsp3) is 0.474. The van der Waals surface area contributed by atoms with Crippen LogP contribution in [0.4, 0.5) is 11.4 Å². The van der Waals surface area contributed by atoms with Gasteiger partial charge in [0.05, 0.1) is 24.0 Å². The highest BCUT2D eigenvalue weighted by Crippen LogP contribution is 2.31. The van der Waals surface area contributed by atoms with E-state index >= 15 is 0 Å². The Morgan fingerprint density at radius 3 is 2.78 bits per heavy atom. The maximum Gasteiger partial charge on any atom is 0.241 e. The highest BCUT2D eigenvalue weighted by Gasteiger charge is 2.31. The van der Waals surface area contributed by atoms with E-state index in [1.165, 1.54) is 0 Å². The number of likely N-dealkylation sites (tertiary alicyclic amines) is 1. The number of nitrogens with zero attached hydrogens (tertiary/aromatic N) is 5. The van der Waals surface area contributed by atoms with E-state index in [4.69, 9.17) is 0 Å². The zero-order valence-corrected chi connectivity index (χ0v) is 15.4. The molecule has 3 heterocycles. The average Bonchev–Trinajstić information content (AvgIpc) is 3.14. The lowest BCUT2D eigenvalue weighted by molar-refractivity contribution is -0.120. The van der Waals surface area contributed by atoms with Crippen LogP contribution in [0.15, 0.2) is 36.9 Å². The largest absolute Gasteiger partial charge is 0.324 e. The molecule has 1 atom stereocenters. The molecule has 1 unspecified atom stereocenters. The summed E-state index contributed by atoms with van der Waals surface area (Å²) in [5, 5.41) is 7.13. The van der Waals surface area contributed by atoms with Crippen LogP contribution in [-0.2, 0) is 9.59 Å². The first-order valence-corrected chi connectivity index (χ1v) is 9.39. The fourth-order valence-electron chi connectivity index (χ4n) is 3.98. The second kappa shape index (κ2) is 7.48. The van der Waals surface area contributed by atoms with Crippen molar-refractivity contribution in [3.05, 3.63) is 36.9 Å². The number of rotatable bonds is 3. The van der Waals surface area contributed by atoms with Crippen molar-refractivity contribution >= 4 is 23.2 Å². The first-order chi connectivity index (χ1) is 13.1. The Morgan fingerprint density at radius 1 is 1.26 bits per heavy atom. The number of benzene rings is 1. The van der Waals surface area contributed by atoms with Crippen molar-refractivity contribution in [3.8, 4) is 0 Å².